The number of aromatic nitrogens is 1. The molecule has 1 atom stereocenters. The highest BCUT2D eigenvalue weighted by Gasteiger charge is 2.34. The maximum Gasteiger partial charge on any atom is 0.225 e. The number of aryl methyl sites for hydroxylation is 1. The Morgan fingerprint density at radius 3 is 2.71 bits per heavy atom. The summed E-state index contributed by atoms with van der Waals surface area (Å²) in [6.45, 7) is 3.04. The third kappa shape index (κ3) is 4.35. The Labute approximate surface area is 147 Å². The molecule has 6 heteroatoms. The van der Waals surface area contributed by atoms with Gasteiger partial charge in [-0.3, -0.25) is 9.59 Å². The van der Waals surface area contributed by atoms with Crippen LogP contribution in [0.3, 0.4) is 0 Å². The smallest absolute Gasteiger partial charge is 0.225 e. The van der Waals surface area contributed by atoms with Crippen molar-refractivity contribution in [2.45, 2.75) is 70.9 Å². The minimum Gasteiger partial charge on any atom is -0.350 e. The van der Waals surface area contributed by atoms with E-state index in [0.717, 1.165) is 23.5 Å². The molecular weight excluding hydrogens is 322 g/mol. The van der Waals surface area contributed by atoms with E-state index in [1.54, 1.807) is 11.3 Å². The molecule has 1 N–H and O–H groups in total. The first-order chi connectivity index (χ1) is 11.6. The molecule has 2 heterocycles. The lowest BCUT2D eigenvalue weighted by atomic mass is 9.93. The molecule has 3 rings (SSSR count). The van der Waals surface area contributed by atoms with Gasteiger partial charge in [0, 0.05) is 24.4 Å². The van der Waals surface area contributed by atoms with E-state index in [1.807, 2.05) is 17.2 Å². The predicted octanol–water partition coefficient (Wildman–Crippen LogP) is 3.03. The molecule has 0 bridgehead atoms. The quantitative estimate of drug-likeness (QED) is 0.850. The van der Waals surface area contributed by atoms with Crippen molar-refractivity contribution < 1.29 is 9.59 Å². The molecule has 1 aromatic rings. The minimum atomic E-state index is -0.0781. The number of hydrogen-bond acceptors (Lipinski definition) is 4. The maximum atomic E-state index is 12.5. The Bertz CT molecular complexity index is 579. The van der Waals surface area contributed by atoms with Crippen molar-refractivity contribution in [2.75, 3.05) is 6.54 Å². The number of carbonyl (C=O) groups excluding carboxylic acids is 2. The molecule has 132 valence electrons. The largest absolute Gasteiger partial charge is 0.350 e. The van der Waals surface area contributed by atoms with Crippen LogP contribution < -0.4 is 5.32 Å². The molecule has 1 aliphatic heterocycles. The first-order valence-corrected chi connectivity index (χ1v) is 9.99. The van der Waals surface area contributed by atoms with Gasteiger partial charge in [-0.15, -0.1) is 11.3 Å². The van der Waals surface area contributed by atoms with Crippen LogP contribution in [0.2, 0.25) is 0 Å². The van der Waals surface area contributed by atoms with Gasteiger partial charge in [-0.05, 0) is 26.2 Å². The second kappa shape index (κ2) is 8.10. The van der Waals surface area contributed by atoms with E-state index >= 15 is 0 Å². The molecule has 24 heavy (non-hydrogen) atoms. The second-order valence-corrected chi connectivity index (χ2v) is 8.06. The van der Waals surface area contributed by atoms with Crippen molar-refractivity contribution in [3.8, 4) is 0 Å². The maximum absolute atomic E-state index is 12.5. The molecule has 1 saturated carbocycles. The molecule has 1 saturated heterocycles. The Morgan fingerprint density at radius 1 is 1.29 bits per heavy atom. The summed E-state index contributed by atoms with van der Waals surface area (Å²) in [5.74, 6) is 0.221. The topological polar surface area (TPSA) is 62.3 Å². The zero-order valence-electron chi connectivity index (χ0n) is 14.4. The third-order valence-electron chi connectivity index (χ3n) is 5.19. The van der Waals surface area contributed by atoms with Gasteiger partial charge in [0.1, 0.15) is 0 Å². The van der Waals surface area contributed by atoms with Crippen molar-refractivity contribution in [3.05, 3.63) is 16.1 Å². The fourth-order valence-electron chi connectivity index (χ4n) is 3.82. The Hall–Kier alpha value is -1.43. The molecule has 0 spiro atoms. The van der Waals surface area contributed by atoms with Gasteiger partial charge in [0.2, 0.25) is 11.8 Å². The number of piperidine rings is 1. The van der Waals surface area contributed by atoms with E-state index in [9.17, 15) is 9.59 Å². The predicted molar refractivity (Wildman–Crippen MR) is 94.6 cm³/mol. The number of thiazole rings is 1. The number of carbonyl (C=O) groups is 2. The average Bonchev–Trinajstić information content (AvgIpc) is 2.83. The lowest BCUT2D eigenvalue weighted by molar-refractivity contribution is -0.141. The number of amides is 2. The standard InChI is InChI=1S/C18H27N3O2S/c1-13-20-15(12-24-13)10-19-18(23)14-8-9-17(22)21(11-14)16-6-4-2-3-5-7-16/h12,14,16H,2-11H2,1H3,(H,19,23). The van der Waals surface area contributed by atoms with Gasteiger partial charge in [-0.1, -0.05) is 25.7 Å². The number of rotatable bonds is 4. The lowest BCUT2D eigenvalue weighted by Gasteiger charge is -2.37. The summed E-state index contributed by atoms with van der Waals surface area (Å²) in [5, 5.41) is 6.00. The van der Waals surface area contributed by atoms with E-state index in [2.05, 4.69) is 10.3 Å². The highest BCUT2D eigenvalue weighted by atomic mass is 32.1. The van der Waals surface area contributed by atoms with Crippen LogP contribution in [0, 0.1) is 12.8 Å². The molecule has 2 amide bonds. The summed E-state index contributed by atoms with van der Waals surface area (Å²) < 4.78 is 0. The zero-order chi connectivity index (χ0) is 16.9. The lowest BCUT2D eigenvalue weighted by Crippen LogP contribution is -2.49. The van der Waals surface area contributed by atoms with Gasteiger partial charge in [0.25, 0.3) is 0 Å². The van der Waals surface area contributed by atoms with Crippen LogP contribution in [0.25, 0.3) is 0 Å². The fraction of sp³-hybridized carbons (Fsp3) is 0.722. The normalized spacial score (nSPS) is 23.1. The molecular formula is C18H27N3O2S. The van der Waals surface area contributed by atoms with Gasteiger partial charge in [-0.2, -0.15) is 0 Å². The number of hydrogen-bond donors (Lipinski definition) is 1. The SMILES string of the molecule is Cc1nc(CNC(=O)C2CCC(=O)N(C3CCCCCC3)C2)cs1. The molecule has 1 aromatic heterocycles. The molecule has 2 fully saturated rings. The first kappa shape index (κ1) is 17.4. The van der Waals surface area contributed by atoms with Crippen molar-refractivity contribution >= 4 is 23.2 Å². The van der Waals surface area contributed by atoms with Crippen molar-refractivity contribution in [2.24, 2.45) is 5.92 Å². The third-order valence-corrected chi connectivity index (χ3v) is 6.01. The van der Waals surface area contributed by atoms with E-state index < -0.39 is 0 Å². The van der Waals surface area contributed by atoms with Crippen LogP contribution in [0.15, 0.2) is 5.38 Å². The van der Waals surface area contributed by atoms with Crippen molar-refractivity contribution in [3.63, 3.8) is 0 Å². The number of nitrogens with one attached hydrogen (secondary N) is 1. The van der Waals surface area contributed by atoms with Gasteiger partial charge in [0.15, 0.2) is 0 Å². The molecule has 1 unspecified atom stereocenters. The van der Waals surface area contributed by atoms with E-state index in [-0.39, 0.29) is 17.7 Å². The molecule has 5 nitrogen and oxygen atoms in total. The van der Waals surface area contributed by atoms with E-state index in [0.29, 0.717) is 32.0 Å². The first-order valence-electron chi connectivity index (χ1n) is 9.11. The average molecular weight is 350 g/mol. The van der Waals surface area contributed by atoms with Crippen molar-refractivity contribution in [1.82, 2.24) is 15.2 Å². The summed E-state index contributed by atoms with van der Waals surface area (Å²) in [7, 11) is 0. The fourth-order valence-corrected chi connectivity index (χ4v) is 4.43. The summed E-state index contributed by atoms with van der Waals surface area (Å²) in [6.07, 6.45) is 8.32. The van der Waals surface area contributed by atoms with Crippen LogP contribution in [0.4, 0.5) is 0 Å². The molecule has 2 aliphatic rings. The van der Waals surface area contributed by atoms with Crippen molar-refractivity contribution in [1.29, 1.82) is 0 Å². The van der Waals surface area contributed by atoms with Gasteiger partial charge < -0.3 is 10.2 Å². The zero-order valence-corrected chi connectivity index (χ0v) is 15.2. The van der Waals surface area contributed by atoms with Gasteiger partial charge in [-0.25, -0.2) is 4.98 Å². The highest BCUT2D eigenvalue weighted by Crippen LogP contribution is 2.27. The van der Waals surface area contributed by atoms with E-state index in [4.69, 9.17) is 0 Å². The summed E-state index contributed by atoms with van der Waals surface area (Å²) >= 11 is 1.60. The molecule has 0 aromatic carbocycles. The summed E-state index contributed by atoms with van der Waals surface area (Å²) in [5.41, 5.74) is 0.915. The molecule has 0 radical (unpaired) electrons. The van der Waals surface area contributed by atoms with Crippen LogP contribution in [0.1, 0.15) is 62.1 Å². The van der Waals surface area contributed by atoms with Gasteiger partial charge in [0.05, 0.1) is 23.2 Å². The monoisotopic (exact) mass is 349 g/mol. The van der Waals surface area contributed by atoms with E-state index in [1.165, 1.54) is 25.7 Å². The van der Waals surface area contributed by atoms with Crippen LogP contribution in [-0.2, 0) is 16.1 Å². The Balaban J connectivity index is 1.55. The summed E-state index contributed by atoms with van der Waals surface area (Å²) in [6, 6.07) is 0.344. The van der Waals surface area contributed by atoms with Crippen LogP contribution in [-0.4, -0.2) is 34.3 Å². The van der Waals surface area contributed by atoms with Crippen LogP contribution >= 0.6 is 11.3 Å². The van der Waals surface area contributed by atoms with Crippen LogP contribution in [0.5, 0.6) is 0 Å². The number of nitrogens with zero attached hydrogens (tertiary/aromatic N) is 2. The summed E-state index contributed by atoms with van der Waals surface area (Å²) in [4.78, 5) is 31.2. The Kier molecular flexibility index (Phi) is 5.87. The minimum absolute atomic E-state index is 0.0618. The molecule has 1 aliphatic carbocycles. The highest BCUT2D eigenvalue weighted by molar-refractivity contribution is 7.09. The Morgan fingerprint density at radius 2 is 2.04 bits per heavy atom. The number of likely N-dealkylation sites (tertiary alicyclic amines) is 1. The second-order valence-electron chi connectivity index (χ2n) is 7.00. The van der Waals surface area contributed by atoms with Gasteiger partial charge >= 0.3 is 0 Å².